The minimum Gasteiger partial charge on any atom is -0.497 e. The van der Waals surface area contributed by atoms with Crippen molar-refractivity contribution in [3.8, 4) is 11.5 Å². The molecule has 1 saturated carbocycles. The van der Waals surface area contributed by atoms with Crippen LogP contribution in [0.5, 0.6) is 11.5 Å². The van der Waals surface area contributed by atoms with Crippen LogP contribution < -0.4 is 9.47 Å². The van der Waals surface area contributed by atoms with Gasteiger partial charge in [0.05, 0.1) is 44.4 Å². The van der Waals surface area contributed by atoms with Gasteiger partial charge in [-0.25, -0.2) is 9.67 Å². The van der Waals surface area contributed by atoms with E-state index in [0.29, 0.717) is 6.54 Å². The fraction of sp³-hybridized carbons (Fsp3) is 0.409. The lowest BCUT2D eigenvalue weighted by molar-refractivity contribution is -0.147. The number of carbonyl (C=O) groups excluding carboxylic acids is 1. The van der Waals surface area contributed by atoms with Gasteiger partial charge in [-0.05, 0) is 49.4 Å². The summed E-state index contributed by atoms with van der Waals surface area (Å²) in [5, 5.41) is 5.41. The van der Waals surface area contributed by atoms with Crippen LogP contribution in [0.1, 0.15) is 31.2 Å². The lowest BCUT2D eigenvalue weighted by Gasteiger charge is -2.27. The maximum absolute atomic E-state index is 11.7. The van der Waals surface area contributed by atoms with Crippen LogP contribution in [0.25, 0.3) is 11.0 Å². The average molecular weight is 395 g/mol. The molecule has 4 rings (SSSR count). The van der Waals surface area contributed by atoms with Gasteiger partial charge in [0.25, 0.3) is 0 Å². The van der Waals surface area contributed by atoms with Gasteiger partial charge in [-0.1, -0.05) is 12.1 Å². The van der Waals surface area contributed by atoms with E-state index in [1.54, 1.807) is 19.5 Å². The molecule has 1 aliphatic rings. The zero-order valence-electron chi connectivity index (χ0n) is 16.7. The minimum absolute atomic E-state index is 0.00967. The number of esters is 1. The zero-order valence-corrected chi connectivity index (χ0v) is 16.7. The van der Waals surface area contributed by atoms with Gasteiger partial charge in [0, 0.05) is 6.20 Å². The van der Waals surface area contributed by atoms with E-state index in [2.05, 4.69) is 10.1 Å². The molecule has 7 nitrogen and oxygen atoms in total. The van der Waals surface area contributed by atoms with E-state index < -0.39 is 0 Å². The van der Waals surface area contributed by atoms with Gasteiger partial charge in [0.15, 0.2) is 5.65 Å². The number of benzene rings is 1. The predicted octanol–water partition coefficient (Wildman–Crippen LogP) is 3.60. The lowest BCUT2D eigenvalue weighted by Crippen LogP contribution is -2.28. The van der Waals surface area contributed by atoms with Gasteiger partial charge in [0.1, 0.15) is 11.5 Å². The van der Waals surface area contributed by atoms with Crippen molar-refractivity contribution in [2.24, 2.45) is 5.92 Å². The maximum Gasteiger partial charge on any atom is 0.308 e. The minimum atomic E-state index is -0.116. The summed E-state index contributed by atoms with van der Waals surface area (Å²) < 4.78 is 18.2. The topological polar surface area (TPSA) is 75.5 Å². The van der Waals surface area contributed by atoms with Crippen LogP contribution in [0.4, 0.5) is 0 Å². The van der Waals surface area contributed by atoms with E-state index in [0.717, 1.165) is 53.8 Å². The van der Waals surface area contributed by atoms with Gasteiger partial charge in [-0.3, -0.25) is 4.79 Å². The number of fused-ring (bicyclic) bond motifs is 1. The van der Waals surface area contributed by atoms with E-state index in [1.807, 2.05) is 35.0 Å². The Morgan fingerprint density at radius 3 is 2.55 bits per heavy atom. The normalized spacial score (nSPS) is 19.1. The van der Waals surface area contributed by atoms with Gasteiger partial charge >= 0.3 is 5.97 Å². The summed E-state index contributed by atoms with van der Waals surface area (Å²) in [5.74, 6) is 1.49. The number of aromatic nitrogens is 3. The highest BCUT2D eigenvalue weighted by molar-refractivity contribution is 5.81. The largest absolute Gasteiger partial charge is 0.497 e. The third-order valence-electron chi connectivity index (χ3n) is 5.49. The Morgan fingerprint density at radius 2 is 1.86 bits per heavy atom. The molecular formula is C22H25N3O4. The highest BCUT2D eigenvalue weighted by atomic mass is 16.5. The number of hydrogen-bond donors (Lipinski definition) is 0. The lowest BCUT2D eigenvalue weighted by atomic mass is 9.87. The molecule has 3 aromatic rings. The number of nitrogens with zero attached hydrogens (tertiary/aromatic N) is 3. The maximum atomic E-state index is 11.7. The monoisotopic (exact) mass is 395 g/mol. The molecule has 1 aliphatic carbocycles. The quantitative estimate of drug-likeness (QED) is 0.594. The highest BCUT2D eigenvalue weighted by Crippen LogP contribution is 2.31. The molecule has 29 heavy (non-hydrogen) atoms. The third-order valence-corrected chi connectivity index (χ3v) is 5.49. The second-order valence-corrected chi connectivity index (χ2v) is 7.31. The summed E-state index contributed by atoms with van der Waals surface area (Å²) in [7, 11) is 3.10. The van der Waals surface area contributed by atoms with E-state index >= 15 is 0 Å². The van der Waals surface area contributed by atoms with E-state index in [9.17, 15) is 4.79 Å². The summed E-state index contributed by atoms with van der Waals surface area (Å²) in [6.45, 7) is 0.619. The van der Waals surface area contributed by atoms with Crippen LogP contribution in [0.15, 0.2) is 42.7 Å². The molecule has 0 unspecified atom stereocenters. The van der Waals surface area contributed by atoms with Crippen molar-refractivity contribution in [1.82, 2.24) is 14.8 Å². The molecule has 0 aliphatic heterocycles. The number of hydrogen-bond acceptors (Lipinski definition) is 6. The van der Waals surface area contributed by atoms with Crippen molar-refractivity contribution in [3.05, 3.63) is 48.3 Å². The van der Waals surface area contributed by atoms with Crippen LogP contribution in [0, 0.1) is 5.92 Å². The first-order chi connectivity index (χ1) is 14.2. The standard InChI is InChI=1S/C22H25N3O4/c1-27-17-7-3-15(4-8-17)14-25-21-19(13-24-25)20(11-12-23-21)29-18-9-5-16(6-10-18)22(26)28-2/h3-4,7-8,11-13,16,18H,5-6,9-10,14H2,1-2H3/t16-,18-. The number of rotatable bonds is 6. The molecule has 0 spiro atoms. The fourth-order valence-corrected chi connectivity index (χ4v) is 3.84. The summed E-state index contributed by atoms with van der Waals surface area (Å²) in [6, 6.07) is 9.80. The molecule has 2 heterocycles. The average Bonchev–Trinajstić information content (AvgIpc) is 3.18. The van der Waals surface area contributed by atoms with Gasteiger partial charge < -0.3 is 14.2 Å². The molecule has 2 aromatic heterocycles. The first kappa shape index (κ1) is 19.2. The van der Waals surface area contributed by atoms with Crippen LogP contribution in [-0.2, 0) is 16.1 Å². The van der Waals surface area contributed by atoms with Crippen molar-refractivity contribution >= 4 is 17.0 Å². The SMILES string of the molecule is COc1ccc(Cn2ncc3c(O[C@H]4CC[C@H](C(=O)OC)CC4)ccnc32)cc1. The van der Waals surface area contributed by atoms with E-state index in [1.165, 1.54) is 7.11 Å². The van der Waals surface area contributed by atoms with E-state index in [4.69, 9.17) is 14.2 Å². The van der Waals surface area contributed by atoms with Gasteiger partial charge in [0.2, 0.25) is 0 Å². The number of methoxy groups -OCH3 is 2. The number of carbonyl (C=O) groups is 1. The first-order valence-electron chi connectivity index (χ1n) is 9.86. The van der Waals surface area contributed by atoms with Crippen LogP contribution >= 0.6 is 0 Å². The van der Waals surface area contributed by atoms with Gasteiger partial charge in [-0.2, -0.15) is 5.10 Å². The molecule has 1 aromatic carbocycles. The summed E-state index contributed by atoms with van der Waals surface area (Å²) in [4.78, 5) is 16.2. The van der Waals surface area contributed by atoms with E-state index in [-0.39, 0.29) is 18.0 Å². The van der Waals surface area contributed by atoms with Crippen LogP contribution in [0.2, 0.25) is 0 Å². The number of pyridine rings is 1. The van der Waals surface area contributed by atoms with Crippen molar-refractivity contribution in [2.75, 3.05) is 14.2 Å². The molecular weight excluding hydrogens is 370 g/mol. The Morgan fingerprint density at radius 1 is 1.10 bits per heavy atom. The molecule has 0 radical (unpaired) electrons. The first-order valence-corrected chi connectivity index (χ1v) is 9.86. The molecule has 7 heteroatoms. The number of ether oxygens (including phenoxy) is 3. The van der Waals surface area contributed by atoms with Crippen molar-refractivity contribution in [1.29, 1.82) is 0 Å². The van der Waals surface area contributed by atoms with Crippen molar-refractivity contribution in [3.63, 3.8) is 0 Å². The smallest absolute Gasteiger partial charge is 0.308 e. The summed E-state index contributed by atoms with van der Waals surface area (Å²) in [6.07, 6.45) is 6.91. The highest BCUT2D eigenvalue weighted by Gasteiger charge is 2.28. The van der Waals surface area contributed by atoms with Crippen molar-refractivity contribution in [2.45, 2.75) is 38.3 Å². The third kappa shape index (κ3) is 4.18. The molecule has 1 fully saturated rings. The van der Waals surface area contributed by atoms with Crippen LogP contribution in [0.3, 0.4) is 0 Å². The van der Waals surface area contributed by atoms with Crippen molar-refractivity contribution < 1.29 is 19.0 Å². The Bertz CT molecular complexity index is 975. The molecule has 0 bridgehead atoms. The predicted molar refractivity (Wildman–Crippen MR) is 108 cm³/mol. The zero-order chi connectivity index (χ0) is 20.2. The Balaban J connectivity index is 1.47. The molecule has 0 atom stereocenters. The molecule has 0 N–H and O–H groups in total. The Hall–Kier alpha value is -3.09. The second-order valence-electron chi connectivity index (χ2n) is 7.31. The summed E-state index contributed by atoms with van der Waals surface area (Å²) in [5.41, 5.74) is 1.91. The van der Waals surface area contributed by atoms with Crippen LogP contribution in [-0.4, -0.2) is 41.1 Å². The Kier molecular flexibility index (Phi) is 5.64. The molecule has 0 amide bonds. The Labute approximate surface area is 169 Å². The second kappa shape index (κ2) is 8.51. The van der Waals surface area contributed by atoms with Gasteiger partial charge in [-0.15, -0.1) is 0 Å². The fourth-order valence-electron chi connectivity index (χ4n) is 3.84. The summed E-state index contributed by atoms with van der Waals surface area (Å²) >= 11 is 0. The molecule has 0 saturated heterocycles. The molecule has 152 valence electrons.